The Morgan fingerprint density at radius 3 is 2.30 bits per heavy atom. The largest absolute Gasteiger partial charge is 0.468 e. The molecule has 2 aromatic carbocycles. The van der Waals surface area contributed by atoms with Crippen LogP contribution in [0.5, 0.6) is 0 Å². The minimum absolute atomic E-state index is 0.134. The van der Waals surface area contributed by atoms with Gasteiger partial charge >= 0.3 is 5.97 Å². The molecule has 0 radical (unpaired) electrons. The molecule has 1 aliphatic carbocycles. The van der Waals surface area contributed by atoms with Gasteiger partial charge in [-0.15, -0.1) is 0 Å². The summed E-state index contributed by atoms with van der Waals surface area (Å²) in [6.07, 6.45) is 4.88. The molecule has 0 bridgehead atoms. The smallest absolute Gasteiger partial charge is 0.317 e. The van der Waals surface area contributed by atoms with Crippen molar-refractivity contribution in [1.82, 2.24) is 5.32 Å². The number of amides is 1. The van der Waals surface area contributed by atoms with E-state index in [1.807, 2.05) is 79.7 Å². The zero-order valence-electron chi connectivity index (χ0n) is 15.7. The minimum Gasteiger partial charge on any atom is -0.468 e. The summed E-state index contributed by atoms with van der Waals surface area (Å²) in [5.41, 5.74) is 0.833. The van der Waals surface area contributed by atoms with E-state index in [0.29, 0.717) is 12.8 Å². The normalized spacial score (nSPS) is 22.7. The zero-order chi connectivity index (χ0) is 19.3. The lowest BCUT2D eigenvalue weighted by molar-refractivity contribution is -0.153. The second-order valence-electron chi connectivity index (χ2n) is 6.93. The van der Waals surface area contributed by atoms with Gasteiger partial charge in [-0.1, -0.05) is 72.8 Å². The van der Waals surface area contributed by atoms with Crippen LogP contribution in [0.4, 0.5) is 0 Å². The lowest BCUT2D eigenvalue weighted by Crippen LogP contribution is -2.51. The Labute approximate surface area is 160 Å². The van der Waals surface area contributed by atoms with Gasteiger partial charge < -0.3 is 10.1 Å². The number of ether oxygens (including phenoxy) is 1. The molecule has 0 spiro atoms. The van der Waals surface area contributed by atoms with Gasteiger partial charge in [0.2, 0.25) is 5.91 Å². The molecule has 0 aromatic heterocycles. The molecule has 0 fully saturated rings. The van der Waals surface area contributed by atoms with Crippen molar-refractivity contribution >= 4 is 11.9 Å². The number of hydrogen-bond acceptors (Lipinski definition) is 3. The summed E-state index contributed by atoms with van der Waals surface area (Å²) < 4.78 is 5.16. The van der Waals surface area contributed by atoms with Crippen LogP contribution in [-0.4, -0.2) is 19.0 Å². The average Bonchev–Trinajstić information content (AvgIpc) is 2.74. The standard InChI is InChI=1S/C23H25NO3/c1-17(18-11-5-3-6-12-18)24-21(25)20-15-9-10-16-23(20,22(26)27-2)19-13-7-4-8-14-19/h3-14,17,20H,15-16H2,1-2H3,(H,24,25)/t17-,20+,23-/m1/s1. The number of benzene rings is 2. The summed E-state index contributed by atoms with van der Waals surface area (Å²) in [5, 5.41) is 3.09. The first-order chi connectivity index (χ1) is 13.1. The monoisotopic (exact) mass is 363 g/mol. The molecule has 1 aliphatic rings. The van der Waals surface area contributed by atoms with Crippen LogP contribution in [-0.2, 0) is 19.7 Å². The van der Waals surface area contributed by atoms with E-state index in [-0.39, 0.29) is 17.9 Å². The fraction of sp³-hybridized carbons (Fsp3) is 0.304. The van der Waals surface area contributed by atoms with E-state index >= 15 is 0 Å². The van der Waals surface area contributed by atoms with E-state index in [9.17, 15) is 9.59 Å². The lowest BCUT2D eigenvalue weighted by Gasteiger charge is -2.39. The Hall–Kier alpha value is -2.88. The summed E-state index contributed by atoms with van der Waals surface area (Å²) >= 11 is 0. The van der Waals surface area contributed by atoms with Crippen LogP contribution in [0.1, 0.15) is 36.9 Å². The van der Waals surface area contributed by atoms with Crippen LogP contribution < -0.4 is 5.32 Å². The Morgan fingerprint density at radius 2 is 1.67 bits per heavy atom. The van der Waals surface area contributed by atoms with Crippen LogP contribution in [0, 0.1) is 5.92 Å². The molecule has 0 unspecified atom stereocenters. The van der Waals surface area contributed by atoms with Crippen molar-refractivity contribution in [1.29, 1.82) is 0 Å². The molecule has 0 aliphatic heterocycles. The average molecular weight is 363 g/mol. The SMILES string of the molecule is COC(=O)[C@@]1(c2ccccc2)CC=CC[C@H]1C(=O)N[C@H](C)c1ccccc1. The Bertz CT molecular complexity index is 816. The van der Waals surface area contributed by atoms with Crippen LogP contribution in [0.15, 0.2) is 72.8 Å². The third-order valence-electron chi connectivity index (χ3n) is 5.39. The van der Waals surface area contributed by atoms with E-state index in [1.54, 1.807) is 0 Å². The highest BCUT2D eigenvalue weighted by molar-refractivity contribution is 5.93. The number of esters is 1. The second kappa shape index (κ2) is 8.21. The van der Waals surface area contributed by atoms with Crippen LogP contribution >= 0.6 is 0 Å². The molecular formula is C23H25NO3. The minimum atomic E-state index is -1.01. The highest BCUT2D eigenvalue weighted by Crippen LogP contribution is 2.42. The van der Waals surface area contributed by atoms with E-state index in [4.69, 9.17) is 4.74 Å². The molecule has 2 aromatic rings. The molecule has 27 heavy (non-hydrogen) atoms. The first-order valence-electron chi connectivity index (χ1n) is 9.24. The molecule has 1 N–H and O–H groups in total. The molecule has 0 heterocycles. The Kier molecular flexibility index (Phi) is 5.75. The summed E-state index contributed by atoms with van der Waals surface area (Å²) in [6.45, 7) is 1.95. The van der Waals surface area contributed by atoms with Crippen molar-refractivity contribution in [3.63, 3.8) is 0 Å². The molecular weight excluding hydrogens is 338 g/mol. The molecule has 4 nitrogen and oxygen atoms in total. The summed E-state index contributed by atoms with van der Waals surface area (Å²) in [7, 11) is 1.38. The van der Waals surface area contributed by atoms with E-state index in [1.165, 1.54) is 7.11 Å². The maximum absolute atomic E-state index is 13.2. The number of allylic oxidation sites excluding steroid dienone is 2. The maximum atomic E-state index is 13.2. The van der Waals surface area contributed by atoms with E-state index in [0.717, 1.165) is 11.1 Å². The molecule has 1 amide bonds. The van der Waals surface area contributed by atoms with Crippen molar-refractivity contribution in [3.05, 3.63) is 83.9 Å². The maximum Gasteiger partial charge on any atom is 0.317 e. The molecule has 3 rings (SSSR count). The number of hydrogen-bond donors (Lipinski definition) is 1. The number of carbonyl (C=O) groups excluding carboxylic acids is 2. The van der Waals surface area contributed by atoms with Gasteiger partial charge in [-0.2, -0.15) is 0 Å². The first-order valence-corrected chi connectivity index (χ1v) is 9.24. The summed E-state index contributed by atoms with van der Waals surface area (Å²) in [5.74, 6) is -1.03. The van der Waals surface area contributed by atoms with Gasteiger partial charge in [-0.05, 0) is 30.9 Å². The van der Waals surface area contributed by atoms with Gasteiger partial charge in [0.05, 0.1) is 19.1 Å². The van der Waals surface area contributed by atoms with Crippen molar-refractivity contribution < 1.29 is 14.3 Å². The molecule has 0 saturated carbocycles. The first kappa shape index (κ1) is 18.9. The predicted octanol–water partition coefficient (Wildman–Crippen LogP) is 3.94. The Morgan fingerprint density at radius 1 is 1.04 bits per heavy atom. The number of carbonyl (C=O) groups is 2. The molecule has 0 saturated heterocycles. The summed E-state index contributed by atoms with van der Waals surface area (Å²) in [6, 6.07) is 19.1. The summed E-state index contributed by atoms with van der Waals surface area (Å²) in [4.78, 5) is 26.2. The van der Waals surface area contributed by atoms with Gasteiger partial charge in [-0.3, -0.25) is 9.59 Å². The lowest BCUT2D eigenvalue weighted by atomic mass is 9.64. The predicted molar refractivity (Wildman–Crippen MR) is 105 cm³/mol. The van der Waals surface area contributed by atoms with Gasteiger partial charge in [-0.25, -0.2) is 0 Å². The third kappa shape index (κ3) is 3.65. The fourth-order valence-corrected chi connectivity index (χ4v) is 3.90. The quantitative estimate of drug-likeness (QED) is 0.647. The van der Waals surface area contributed by atoms with Crippen molar-refractivity contribution in [2.24, 2.45) is 5.92 Å². The number of rotatable bonds is 5. The number of methoxy groups -OCH3 is 1. The topological polar surface area (TPSA) is 55.4 Å². The second-order valence-corrected chi connectivity index (χ2v) is 6.93. The zero-order valence-corrected chi connectivity index (χ0v) is 15.7. The molecule has 3 atom stereocenters. The van der Waals surface area contributed by atoms with Crippen molar-refractivity contribution in [2.45, 2.75) is 31.2 Å². The fourth-order valence-electron chi connectivity index (χ4n) is 3.90. The van der Waals surface area contributed by atoms with E-state index in [2.05, 4.69) is 5.32 Å². The third-order valence-corrected chi connectivity index (χ3v) is 5.39. The van der Waals surface area contributed by atoms with Crippen LogP contribution in [0.25, 0.3) is 0 Å². The van der Waals surface area contributed by atoms with Crippen molar-refractivity contribution in [3.8, 4) is 0 Å². The van der Waals surface area contributed by atoms with Crippen molar-refractivity contribution in [2.75, 3.05) is 7.11 Å². The van der Waals surface area contributed by atoms with Gasteiger partial charge in [0.15, 0.2) is 0 Å². The van der Waals surface area contributed by atoms with Gasteiger partial charge in [0.25, 0.3) is 0 Å². The highest BCUT2D eigenvalue weighted by atomic mass is 16.5. The van der Waals surface area contributed by atoms with Gasteiger partial charge in [0.1, 0.15) is 5.41 Å². The van der Waals surface area contributed by atoms with Gasteiger partial charge in [0, 0.05) is 0 Å². The number of nitrogens with one attached hydrogen (secondary N) is 1. The Balaban J connectivity index is 1.94. The van der Waals surface area contributed by atoms with Crippen LogP contribution in [0.3, 0.4) is 0 Å². The molecule has 4 heteroatoms. The highest BCUT2D eigenvalue weighted by Gasteiger charge is 2.51. The van der Waals surface area contributed by atoms with Crippen LogP contribution in [0.2, 0.25) is 0 Å². The molecule has 140 valence electrons. The van der Waals surface area contributed by atoms with E-state index < -0.39 is 11.3 Å².